The maximum atomic E-state index is 12.1. The van der Waals surface area contributed by atoms with Gasteiger partial charge in [0.2, 0.25) is 0 Å². The van der Waals surface area contributed by atoms with Crippen molar-refractivity contribution in [1.82, 2.24) is 4.98 Å². The molecule has 0 aliphatic heterocycles. The van der Waals surface area contributed by atoms with Gasteiger partial charge in [-0.25, -0.2) is 0 Å². The third-order valence-electron chi connectivity index (χ3n) is 2.32. The van der Waals surface area contributed by atoms with E-state index in [9.17, 15) is 4.79 Å². The van der Waals surface area contributed by atoms with E-state index in [2.05, 4.69) is 4.98 Å². The van der Waals surface area contributed by atoms with E-state index in [0.717, 1.165) is 0 Å². The van der Waals surface area contributed by atoms with E-state index in [1.807, 2.05) is 0 Å². The van der Waals surface area contributed by atoms with Gasteiger partial charge in [0.1, 0.15) is 5.75 Å². The first-order valence-electron chi connectivity index (χ1n) is 5.00. The van der Waals surface area contributed by atoms with Crippen molar-refractivity contribution in [1.29, 1.82) is 0 Å². The van der Waals surface area contributed by atoms with Gasteiger partial charge in [-0.05, 0) is 30.3 Å². The number of halogens is 1. The van der Waals surface area contributed by atoms with Gasteiger partial charge in [-0.15, -0.1) is 0 Å². The lowest BCUT2D eigenvalue weighted by Gasteiger charge is -2.03. The number of nitrogens with zero attached hydrogens (tertiary/aromatic N) is 1. The van der Waals surface area contributed by atoms with E-state index in [1.165, 1.54) is 13.3 Å². The quantitative estimate of drug-likeness (QED) is 0.783. The fraction of sp³-hybridized carbons (Fsp3) is 0.0769. The third kappa shape index (κ3) is 2.63. The predicted octanol–water partition coefficient (Wildman–Crippen LogP) is 2.97. The average Bonchev–Trinajstić information content (AvgIpc) is 2.39. The van der Waals surface area contributed by atoms with Crippen LogP contribution < -0.4 is 4.74 Å². The number of hydrogen-bond donors (Lipinski definition) is 0. The van der Waals surface area contributed by atoms with Gasteiger partial charge >= 0.3 is 0 Å². The Balaban J connectivity index is 2.33. The summed E-state index contributed by atoms with van der Waals surface area (Å²) in [4.78, 5) is 16.0. The van der Waals surface area contributed by atoms with Crippen LogP contribution in [0.5, 0.6) is 5.75 Å². The SMILES string of the molecule is COc1cncc(C(=O)c2ccc(Cl)cc2)c1. The largest absolute Gasteiger partial charge is 0.495 e. The number of hydrogen-bond acceptors (Lipinski definition) is 3. The molecule has 4 heteroatoms. The minimum absolute atomic E-state index is 0.104. The number of ether oxygens (including phenoxy) is 1. The van der Waals surface area contributed by atoms with Crippen molar-refractivity contribution >= 4 is 17.4 Å². The van der Waals surface area contributed by atoms with Gasteiger partial charge < -0.3 is 4.74 Å². The zero-order valence-corrected chi connectivity index (χ0v) is 9.94. The summed E-state index contributed by atoms with van der Waals surface area (Å²) < 4.78 is 5.02. The lowest BCUT2D eigenvalue weighted by atomic mass is 10.1. The summed E-state index contributed by atoms with van der Waals surface area (Å²) in [5.41, 5.74) is 1.07. The predicted molar refractivity (Wildman–Crippen MR) is 65.7 cm³/mol. The molecule has 86 valence electrons. The second-order valence-electron chi connectivity index (χ2n) is 3.45. The molecule has 0 amide bonds. The Morgan fingerprint density at radius 1 is 1.18 bits per heavy atom. The first kappa shape index (κ1) is 11.6. The standard InChI is InChI=1S/C13H10ClNO2/c1-17-12-6-10(7-15-8-12)13(16)9-2-4-11(14)5-3-9/h2-8H,1H3. The van der Waals surface area contributed by atoms with Crippen LogP contribution in [0.3, 0.4) is 0 Å². The second-order valence-corrected chi connectivity index (χ2v) is 3.89. The highest BCUT2D eigenvalue weighted by molar-refractivity contribution is 6.30. The summed E-state index contributed by atoms with van der Waals surface area (Å²) in [5, 5.41) is 0.602. The van der Waals surface area contributed by atoms with Gasteiger partial charge in [0.05, 0.1) is 13.3 Å². The number of aromatic nitrogens is 1. The summed E-state index contributed by atoms with van der Waals surface area (Å²) >= 11 is 5.77. The molecular formula is C13H10ClNO2. The summed E-state index contributed by atoms with van der Waals surface area (Å²) in [6, 6.07) is 8.39. The van der Waals surface area contributed by atoms with Crippen molar-refractivity contribution in [2.24, 2.45) is 0 Å². The molecule has 2 rings (SSSR count). The minimum atomic E-state index is -0.104. The second kappa shape index (κ2) is 4.97. The van der Waals surface area contributed by atoms with E-state index >= 15 is 0 Å². The van der Waals surface area contributed by atoms with Crippen LogP contribution in [-0.2, 0) is 0 Å². The number of pyridine rings is 1. The van der Waals surface area contributed by atoms with E-state index in [-0.39, 0.29) is 5.78 Å². The van der Waals surface area contributed by atoms with Crippen LogP contribution in [0.25, 0.3) is 0 Å². The normalized spacial score (nSPS) is 10.0. The summed E-state index contributed by atoms with van der Waals surface area (Å²) in [6.45, 7) is 0. The highest BCUT2D eigenvalue weighted by atomic mass is 35.5. The van der Waals surface area contributed by atoms with Crippen molar-refractivity contribution in [2.75, 3.05) is 7.11 Å². The van der Waals surface area contributed by atoms with Crippen LogP contribution in [0.2, 0.25) is 5.02 Å². The molecule has 1 aromatic carbocycles. The van der Waals surface area contributed by atoms with Crippen LogP contribution in [0, 0.1) is 0 Å². The average molecular weight is 248 g/mol. The Kier molecular flexibility index (Phi) is 3.40. The van der Waals surface area contributed by atoms with Crippen molar-refractivity contribution in [3.8, 4) is 5.75 Å². The lowest BCUT2D eigenvalue weighted by molar-refractivity contribution is 0.103. The first-order chi connectivity index (χ1) is 8.20. The van der Waals surface area contributed by atoms with Crippen LogP contribution in [0.4, 0.5) is 0 Å². The molecule has 0 saturated carbocycles. The number of carbonyl (C=O) groups excluding carboxylic acids is 1. The molecule has 0 aliphatic rings. The molecule has 2 aromatic rings. The van der Waals surface area contributed by atoms with E-state index in [1.54, 1.807) is 36.5 Å². The summed E-state index contributed by atoms with van der Waals surface area (Å²) in [7, 11) is 1.54. The zero-order chi connectivity index (χ0) is 12.3. The molecule has 17 heavy (non-hydrogen) atoms. The number of benzene rings is 1. The van der Waals surface area contributed by atoms with Gasteiger partial charge in [-0.1, -0.05) is 11.6 Å². The number of carbonyl (C=O) groups is 1. The van der Waals surface area contributed by atoms with Crippen LogP contribution in [-0.4, -0.2) is 17.9 Å². The highest BCUT2D eigenvalue weighted by Gasteiger charge is 2.10. The van der Waals surface area contributed by atoms with E-state index in [4.69, 9.17) is 16.3 Å². The molecule has 3 nitrogen and oxygen atoms in total. The number of rotatable bonds is 3. The van der Waals surface area contributed by atoms with Crippen LogP contribution in [0.15, 0.2) is 42.7 Å². The van der Waals surface area contributed by atoms with Gasteiger partial charge in [0.25, 0.3) is 0 Å². The van der Waals surface area contributed by atoms with E-state index in [0.29, 0.717) is 21.9 Å². The smallest absolute Gasteiger partial charge is 0.194 e. The minimum Gasteiger partial charge on any atom is -0.495 e. The Bertz CT molecular complexity index is 537. The Labute approximate surface area is 104 Å². The Morgan fingerprint density at radius 2 is 1.88 bits per heavy atom. The lowest BCUT2D eigenvalue weighted by Crippen LogP contribution is -2.02. The molecule has 0 saturated heterocycles. The molecule has 0 radical (unpaired) electrons. The fourth-order valence-corrected chi connectivity index (χ4v) is 1.55. The summed E-state index contributed by atoms with van der Waals surface area (Å²) in [6.07, 6.45) is 3.07. The molecule has 0 atom stereocenters. The molecule has 1 aromatic heterocycles. The molecule has 1 heterocycles. The topological polar surface area (TPSA) is 39.2 Å². The Morgan fingerprint density at radius 3 is 2.53 bits per heavy atom. The maximum absolute atomic E-state index is 12.1. The van der Waals surface area contributed by atoms with Crippen molar-refractivity contribution in [2.45, 2.75) is 0 Å². The van der Waals surface area contributed by atoms with Crippen molar-refractivity contribution in [3.05, 3.63) is 58.9 Å². The van der Waals surface area contributed by atoms with Crippen LogP contribution >= 0.6 is 11.6 Å². The van der Waals surface area contributed by atoms with Gasteiger partial charge in [0.15, 0.2) is 5.78 Å². The van der Waals surface area contributed by atoms with Crippen molar-refractivity contribution in [3.63, 3.8) is 0 Å². The molecular weight excluding hydrogens is 238 g/mol. The molecule has 0 unspecified atom stereocenters. The number of methoxy groups -OCH3 is 1. The molecule has 0 fully saturated rings. The number of ketones is 1. The maximum Gasteiger partial charge on any atom is 0.194 e. The highest BCUT2D eigenvalue weighted by Crippen LogP contribution is 2.16. The zero-order valence-electron chi connectivity index (χ0n) is 9.18. The molecule has 0 bridgehead atoms. The van der Waals surface area contributed by atoms with Gasteiger partial charge in [-0.3, -0.25) is 9.78 Å². The Hall–Kier alpha value is -1.87. The van der Waals surface area contributed by atoms with Crippen LogP contribution in [0.1, 0.15) is 15.9 Å². The molecule has 0 N–H and O–H groups in total. The third-order valence-corrected chi connectivity index (χ3v) is 2.57. The fourth-order valence-electron chi connectivity index (χ4n) is 1.42. The van der Waals surface area contributed by atoms with Gasteiger partial charge in [0, 0.05) is 22.3 Å². The first-order valence-corrected chi connectivity index (χ1v) is 5.38. The van der Waals surface area contributed by atoms with E-state index < -0.39 is 0 Å². The molecule has 0 aliphatic carbocycles. The van der Waals surface area contributed by atoms with Crippen molar-refractivity contribution < 1.29 is 9.53 Å². The monoisotopic (exact) mass is 247 g/mol. The van der Waals surface area contributed by atoms with Gasteiger partial charge in [-0.2, -0.15) is 0 Å². The summed E-state index contributed by atoms with van der Waals surface area (Å²) in [5.74, 6) is 0.456. The molecule has 0 spiro atoms.